The maximum Gasteiger partial charge on any atom is 0.254 e. The van der Waals surface area contributed by atoms with E-state index >= 15 is 0 Å². The number of aliphatic hydroxyl groups excluding tert-OH is 1. The van der Waals surface area contributed by atoms with Crippen molar-refractivity contribution in [3.8, 4) is 0 Å². The number of hydrogen-bond donors (Lipinski definition) is 2. The number of rotatable bonds is 8. The van der Waals surface area contributed by atoms with E-state index in [0.717, 1.165) is 31.5 Å². The van der Waals surface area contributed by atoms with Gasteiger partial charge in [-0.25, -0.2) is 0 Å². The predicted molar refractivity (Wildman–Crippen MR) is 75.1 cm³/mol. The Bertz CT molecular complexity index is 401. The van der Waals surface area contributed by atoms with Crippen LogP contribution in [0.4, 0.5) is 0 Å². The van der Waals surface area contributed by atoms with Crippen molar-refractivity contribution in [1.82, 2.24) is 15.1 Å². The Labute approximate surface area is 115 Å². The van der Waals surface area contributed by atoms with Crippen molar-refractivity contribution in [1.29, 1.82) is 0 Å². The minimum absolute atomic E-state index is 0.0676. The van der Waals surface area contributed by atoms with E-state index < -0.39 is 0 Å². The number of aliphatic hydroxyl groups is 1. The smallest absolute Gasteiger partial charge is 0.254 e. The topological polar surface area (TPSA) is 67.2 Å². The Morgan fingerprint density at radius 3 is 2.89 bits per heavy atom. The molecule has 5 heteroatoms. The average molecular weight is 267 g/mol. The highest BCUT2D eigenvalue weighted by atomic mass is 16.3. The molecule has 0 spiro atoms. The van der Waals surface area contributed by atoms with Crippen molar-refractivity contribution >= 4 is 5.91 Å². The SMILES string of the molecule is CCCCn1ncc(C(=O)NC(C)CCCO)c1C. The second-order valence-corrected chi connectivity index (χ2v) is 4.96. The van der Waals surface area contributed by atoms with E-state index in [-0.39, 0.29) is 18.6 Å². The van der Waals surface area contributed by atoms with Gasteiger partial charge >= 0.3 is 0 Å². The molecule has 2 N–H and O–H groups in total. The molecule has 0 aliphatic carbocycles. The van der Waals surface area contributed by atoms with Gasteiger partial charge in [0.05, 0.1) is 11.8 Å². The Kier molecular flexibility index (Phi) is 6.56. The second-order valence-electron chi connectivity index (χ2n) is 4.96. The highest BCUT2D eigenvalue weighted by Crippen LogP contribution is 2.09. The van der Waals surface area contributed by atoms with E-state index in [2.05, 4.69) is 17.3 Å². The fraction of sp³-hybridized carbons (Fsp3) is 0.714. The molecule has 1 heterocycles. The fourth-order valence-corrected chi connectivity index (χ4v) is 1.97. The van der Waals surface area contributed by atoms with E-state index in [1.807, 2.05) is 18.5 Å². The first kappa shape index (κ1) is 15.7. The van der Waals surface area contributed by atoms with Gasteiger partial charge in [0.1, 0.15) is 0 Å². The van der Waals surface area contributed by atoms with Crippen LogP contribution >= 0.6 is 0 Å². The molecule has 108 valence electrons. The Balaban J connectivity index is 2.59. The molecular weight excluding hydrogens is 242 g/mol. The van der Waals surface area contributed by atoms with Crippen LogP contribution in [0, 0.1) is 6.92 Å². The molecule has 0 fully saturated rings. The molecule has 1 amide bonds. The van der Waals surface area contributed by atoms with Crippen LogP contribution in [-0.4, -0.2) is 33.4 Å². The number of carbonyl (C=O) groups is 1. The van der Waals surface area contributed by atoms with E-state index in [1.165, 1.54) is 0 Å². The van der Waals surface area contributed by atoms with Gasteiger partial charge in [0.15, 0.2) is 0 Å². The summed E-state index contributed by atoms with van der Waals surface area (Å²) < 4.78 is 1.89. The molecule has 1 rings (SSSR count). The summed E-state index contributed by atoms with van der Waals surface area (Å²) in [5, 5.41) is 16.0. The molecule has 5 nitrogen and oxygen atoms in total. The van der Waals surface area contributed by atoms with E-state index in [9.17, 15) is 4.79 Å². The van der Waals surface area contributed by atoms with Crippen molar-refractivity contribution in [3.05, 3.63) is 17.5 Å². The molecule has 0 aliphatic heterocycles. The summed E-state index contributed by atoms with van der Waals surface area (Å²) >= 11 is 0. The summed E-state index contributed by atoms with van der Waals surface area (Å²) in [6.07, 6.45) is 5.30. The first-order chi connectivity index (χ1) is 9.10. The van der Waals surface area contributed by atoms with E-state index in [1.54, 1.807) is 6.20 Å². The quantitative estimate of drug-likeness (QED) is 0.755. The molecule has 0 radical (unpaired) electrons. The van der Waals surface area contributed by atoms with Crippen LogP contribution in [0.2, 0.25) is 0 Å². The predicted octanol–water partition coefficient (Wildman–Crippen LogP) is 1.88. The van der Waals surface area contributed by atoms with Crippen molar-refractivity contribution in [2.45, 2.75) is 59.0 Å². The molecule has 19 heavy (non-hydrogen) atoms. The molecule has 0 saturated heterocycles. The third kappa shape index (κ3) is 4.67. The highest BCUT2D eigenvalue weighted by molar-refractivity contribution is 5.95. The Morgan fingerprint density at radius 1 is 1.53 bits per heavy atom. The largest absolute Gasteiger partial charge is 0.396 e. The molecule has 1 aromatic rings. The lowest BCUT2D eigenvalue weighted by Crippen LogP contribution is -2.32. The lowest BCUT2D eigenvalue weighted by atomic mass is 10.1. The van der Waals surface area contributed by atoms with Gasteiger partial charge in [-0.15, -0.1) is 0 Å². The van der Waals surface area contributed by atoms with Crippen LogP contribution in [-0.2, 0) is 6.54 Å². The molecule has 1 aromatic heterocycles. The van der Waals surface area contributed by atoms with Crippen LogP contribution < -0.4 is 5.32 Å². The molecule has 0 bridgehead atoms. The number of hydrogen-bond acceptors (Lipinski definition) is 3. The van der Waals surface area contributed by atoms with Crippen LogP contribution in [0.5, 0.6) is 0 Å². The zero-order valence-electron chi connectivity index (χ0n) is 12.1. The van der Waals surface area contributed by atoms with Gasteiger partial charge in [-0.2, -0.15) is 5.10 Å². The Hall–Kier alpha value is -1.36. The van der Waals surface area contributed by atoms with Crippen LogP contribution in [0.15, 0.2) is 6.20 Å². The highest BCUT2D eigenvalue weighted by Gasteiger charge is 2.15. The molecule has 1 unspecified atom stereocenters. The van der Waals surface area contributed by atoms with E-state index in [4.69, 9.17) is 5.11 Å². The maximum atomic E-state index is 12.1. The lowest BCUT2D eigenvalue weighted by Gasteiger charge is -2.13. The second kappa shape index (κ2) is 7.94. The van der Waals surface area contributed by atoms with Crippen molar-refractivity contribution in [2.24, 2.45) is 0 Å². The van der Waals surface area contributed by atoms with Gasteiger partial charge < -0.3 is 10.4 Å². The van der Waals surface area contributed by atoms with Crippen LogP contribution in [0.1, 0.15) is 55.6 Å². The van der Waals surface area contributed by atoms with Crippen LogP contribution in [0.3, 0.4) is 0 Å². The molecule has 0 aromatic carbocycles. The monoisotopic (exact) mass is 267 g/mol. The molecule has 0 saturated carbocycles. The van der Waals surface area contributed by atoms with Gasteiger partial charge in [0.2, 0.25) is 0 Å². The number of unbranched alkanes of at least 4 members (excludes halogenated alkanes) is 1. The molecule has 0 aliphatic rings. The number of amides is 1. The van der Waals surface area contributed by atoms with Crippen molar-refractivity contribution in [2.75, 3.05) is 6.61 Å². The summed E-state index contributed by atoms with van der Waals surface area (Å²) in [6, 6.07) is 0.0676. The number of nitrogens with one attached hydrogen (secondary N) is 1. The van der Waals surface area contributed by atoms with Gasteiger partial charge in [-0.05, 0) is 33.1 Å². The van der Waals surface area contributed by atoms with Crippen LogP contribution in [0.25, 0.3) is 0 Å². The summed E-state index contributed by atoms with van der Waals surface area (Å²) in [6.45, 7) is 7.03. The third-order valence-corrected chi connectivity index (χ3v) is 3.24. The van der Waals surface area contributed by atoms with Gasteiger partial charge in [0, 0.05) is 24.9 Å². The molecule has 1 atom stereocenters. The first-order valence-electron chi connectivity index (χ1n) is 7.04. The fourth-order valence-electron chi connectivity index (χ4n) is 1.97. The summed E-state index contributed by atoms with van der Waals surface area (Å²) in [7, 11) is 0. The standard InChI is InChI=1S/C14H25N3O2/c1-4-5-8-17-12(3)13(10-15-17)14(19)16-11(2)7-6-9-18/h10-11,18H,4-9H2,1-3H3,(H,16,19). The maximum absolute atomic E-state index is 12.1. The third-order valence-electron chi connectivity index (χ3n) is 3.24. The van der Waals surface area contributed by atoms with Gasteiger partial charge in [-0.3, -0.25) is 9.48 Å². The summed E-state index contributed by atoms with van der Waals surface area (Å²) in [5.74, 6) is -0.0781. The van der Waals surface area contributed by atoms with Crippen molar-refractivity contribution in [3.63, 3.8) is 0 Å². The average Bonchev–Trinajstić information content (AvgIpc) is 2.75. The Morgan fingerprint density at radius 2 is 2.26 bits per heavy atom. The lowest BCUT2D eigenvalue weighted by molar-refractivity contribution is 0.0935. The number of aromatic nitrogens is 2. The number of carbonyl (C=O) groups excluding carboxylic acids is 1. The zero-order chi connectivity index (χ0) is 14.3. The van der Waals surface area contributed by atoms with E-state index in [0.29, 0.717) is 12.0 Å². The molecular formula is C14H25N3O2. The number of aryl methyl sites for hydroxylation is 1. The van der Waals surface area contributed by atoms with Crippen molar-refractivity contribution < 1.29 is 9.90 Å². The minimum atomic E-state index is -0.0781. The summed E-state index contributed by atoms with van der Waals surface area (Å²) in [4.78, 5) is 12.1. The first-order valence-corrected chi connectivity index (χ1v) is 7.04. The summed E-state index contributed by atoms with van der Waals surface area (Å²) in [5.41, 5.74) is 1.56. The number of nitrogens with zero attached hydrogens (tertiary/aromatic N) is 2. The van der Waals surface area contributed by atoms with Gasteiger partial charge in [0.25, 0.3) is 5.91 Å². The normalized spacial score (nSPS) is 12.4. The van der Waals surface area contributed by atoms with Gasteiger partial charge in [-0.1, -0.05) is 13.3 Å². The zero-order valence-corrected chi connectivity index (χ0v) is 12.1. The minimum Gasteiger partial charge on any atom is -0.396 e.